The number of rotatable bonds is 4. The van der Waals surface area contributed by atoms with Crippen molar-refractivity contribution in [2.75, 3.05) is 12.3 Å². The zero-order valence-electron chi connectivity index (χ0n) is 14.6. The Bertz CT molecular complexity index is 935. The molecule has 0 amide bonds. The van der Waals surface area contributed by atoms with Gasteiger partial charge in [-0.2, -0.15) is 10.4 Å². The first-order chi connectivity index (χ1) is 12.7. The summed E-state index contributed by atoms with van der Waals surface area (Å²) in [7, 11) is 0. The molecular weight excluding hydrogens is 322 g/mol. The zero-order valence-corrected chi connectivity index (χ0v) is 14.6. The lowest BCUT2D eigenvalue weighted by atomic mass is 10.00. The van der Waals surface area contributed by atoms with E-state index >= 15 is 0 Å². The van der Waals surface area contributed by atoms with Gasteiger partial charge in [-0.15, -0.1) is 0 Å². The fraction of sp³-hybridized carbons (Fsp3) is 0.238. The van der Waals surface area contributed by atoms with E-state index < -0.39 is 0 Å². The summed E-state index contributed by atoms with van der Waals surface area (Å²) in [5.41, 5.74) is 12.3. The third kappa shape index (κ3) is 3.19. The normalized spacial score (nSPS) is 14.0. The highest BCUT2D eigenvalue weighted by atomic mass is 15.3. The number of nitrogen functional groups attached to an aromatic ring is 1. The Labute approximate surface area is 153 Å². The van der Waals surface area contributed by atoms with Gasteiger partial charge in [0.05, 0.1) is 11.8 Å². The second-order valence-corrected chi connectivity index (χ2v) is 6.66. The molecule has 0 atom stereocenters. The monoisotopic (exact) mass is 343 g/mol. The second kappa shape index (κ2) is 7.03. The summed E-state index contributed by atoms with van der Waals surface area (Å²) >= 11 is 0. The quantitative estimate of drug-likeness (QED) is 0.739. The van der Waals surface area contributed by atoms with Gasteiger partial charge in [0.25, 0.3) is 0 Å². The predicted molar refractivity (Wildman–Crippen MR) is 102 cm³/mol. The van der Waals surface area contributed by atoms with E-state index in [0.29, 0.717) is 0 Å². The van der Waals surface area contributed by atoms with Gasteiger partial charge in [0.2, 0.25) is 0 Å². The number of nitrogens with two attached hydrogens (primary N) is 1. The molecule has 0 aliphatic carbocycles. The summed E-state index contributed by atoms with van der Waals surface area (Å²) in [6.07, 6.45) is 0.909. The summed E-state index contributed by atoms with van der Waals surface area (Å²) in [6.45, 7) is 3.02. The van der Waals surface area contributed by atoms with Crippen LogP contribution >= 0.6 is 0 Å². The van der Waals surface area contributed by atoms with Crippen LogP contribution in [-0.4, -0.2) is 21.2 Å². The van der Waals surface area contributed by atoms with Crippen molar-refractivity contribution in [3.05, 3.63) is 71.4 Å². The number of fused-ring (bicyclic) bond motifs is 1. The molecular formula is C21H21N5. The van der Waals surface area contributed by atoms with Crippen molar-refractivity contribution in [3.63, 3.8) is 0 Å². The number of benzene rings is 2. The molecule has 2 N–H and O–H groups in total. The van der Waals surface area contributed by atoms with Crippen molar-refractivity contribution < 1.29 is 0 Å². The van der Waals surface area contributed by atoms with Crippen molar-refractivity contribution in [1.29, 1.82) is 5.26 Å². The first-order valence-electron chi connectivity index (χ1n) is 8.82. The number of nitrogens with zero attached hydrogens (tertiary/aromatic N) is 4. The van der Waals surface area contributed by atoms with Gasteiger partial charge in [-0.1, -0.05) is 42.5 Å². The average Bonchev–Trinajstić information content (AvgIpc) is 3.01. The molecule has 5 nitrogen and oxygen atoms in total. The molecule has 1 aliphatic rings. The van der Waals surface area contributed by atoms with Crippen LogP contribution in [0.5, 0.6) is 0 Å². The average molecular weight is 343 g/mol. The lowest BCUT2D eigenvalue weighted by molar-refractivity contribution is 0.243. The van der Waals surface area contributed by atoms with E-state index in [9.17, 15) is 0 Å². The van der Waals surface area contributed by atoms with Gasteiger partial charge in [-0.25, -0.2) is 0 Å². The number of anilines is 1. The molecule has 0 radical (unpaired) electrons. The molecule has 1 aromatic heterocycles. The van der Waals surface area contributed by atoms with Crippen molar-refractivity contribution in [1.82, 2.24) is 14.7 Å². The molecule has 130 valence electrons. The van der Waals surface area contributed by atoms with E-state index in [1.54, 1.807) is 0 Å². The van der Waals surface area contributed by atoms with Crippen molar-refractivity contribution >= 4 is 5.69 Å². The molecule has 2 aromatic carbocycles. The maximum absolute atomic E-state index is 9.15. The largest absolute Gasteiger partial charge is 0.399 e. The molecule has 0 fully saturated rings. The molecule has 5 heteroatoms. The third-order valence-electron chi connectivity index (χ3n) is 4.87. The molecule has 0 spiro atoms. The van der Waals surface area contributed by atoms with E-state index in [1.807, 2.05) is 35.0 Å². The Balaban J connectivity index is 1.67. The highest BCUT2D eigenvalue weighted by Crippen LogP contribution is 2.31. The zero-order chi connectivity index (χ0) is 17.9. The standard InChI is InChI=1S/C21H21N5/c22-11-13-26-20-10-12-25(14-16-4-2-1-3-5-16)15-19(20)21(24-26)17-6-8-18(23)9-7-17/h1-9H,10,12-15,23H2. The van der Waals surface area contributed by atoms with Crippen LogP contribution in [0.15, 0.2) is 54.6 Å². The minimum absolute atomic E-state index is 0.288. The fourth-order valence-electron chi connectivity index (χ4n) is 3.59. The Morgan fingerprint density at radius 2 is 1.85 bits per heavy atom. The van der Waals surface area contributed by atoms with Crippen LogP contribution in [0.3, 0.4) is 0 Å². The first-order valence-corrected chi connectivity index (χ1v) is 8.82. The topological polar surface area (TPSA) is 70.9 Å². The number of hydrogen-bond donors (Lipinski definition) is 1. The minimum atomic E-state index is 0.288. The predicted octanol–water partition coefficient (Wildman–Crippen LogP) is 3.21. The van der Waals surface area contributed by atoms with Crippen LogP contribution in [0.1, 0.15) is 16.8 Å². The molecule has 3 aromatic rings. The van der Waals surface area contributed by atoms with Gasteiger partial charge in [0, 0.05) is 48.6 Å². The van der Waals surface area contributed by atoms with E-state index in [2.05, 4.69) is 35.2 Å². The lowest BCUT2D eigenvalue weighted by Gasteiger charge is -2.27. The molecule has 26 heavy (non-hydrogen) atoms. The number of aromatic nitrogens is 2. The SMILES string of the molecule is N#CCn1nc(-c2ccc(N)cc2)c2c1CCN(Cc1ccccc1)C2. The lowest BCUT2D eigenvalue weighted by Crippen LogP contribution is -2.30. The van der Waals surface area contributed by atoms with Crippen LogP contribution in [0.2, 0.25) is 0 Å². The highest BCUT2D eigenvalue weighted by molar-refractivity contribution is 5.66. The highest BCUT2D eigenvalue weighted by Gasteiger charge is 2.25. The second-order valence-electron chi connectivity index (χ2n) is 6.66. The van der Waals surface area contributed by atoms with Crippen molar-refractivity contribution in [2.45, 2.75) is 26.1 Å². The Morgan fingerprint density at radius 1 is 1.08 bits per heavy atom. The maximum Gasteiger partial charge on any atom is 0.128 e. The smallest absolute Gasteiger partial charge is 0.128 e. The number of nitriles is 1. The third-order valence-corrected chi connectivity index (χ3v) is 4.87. The fourth-order valence-corrected chi connectivity index (χ4v) is 3.59. The van der Waals surface area contributed by atoms with Crippen LogP contribution in [0.25, 0.3) is 11.3 Å². The molecule has 2 heterocycles. The van der Waals surface area contributed by atoms with Gasteiger partial charge in [0.1, 0.15) is 6.54 Å². The van der Waals surface area contributed by atoms with Crippen LogP contribution in [-0.2, 0) is 26.1 Å². The molecule has 0 saturated heterocycles. The molecule has 1 aliphatic heterocycles. The van der Waals surface area contributed by atoms with Gasteiger partial charge in [-0.3, -0.25) is 9.58 Å². The van der Waals surface area contributed by atoms with Crippen LogP contribution in [0.4, 0.5) is 5.69 Å². The van der Waals surface area contributed by atoms with E-state index in [0.717, 1.165) is 43.0 Å². The van der Waals surface area contributed by atoms with E-state index in [4.69, 9.17) is 16.1 Å². The molecule has 0 bridgehead atoms. The van der Waals surface area contributed by atoms with Crippen LogP contribution in [0, 0.1) is 11.3 Å². The van der Waals surface area contributed by atoms with E-state index in [-0.39, 0.29) is 6.54 Å². The summed E-state index contributed by atoms with van der Waals surface area (Å²) < 4.78 is 1.86. The minimum Gasteiger partial charge on any atom is -0.399 e. The first kappa shape index (κ1) is 16.4. The summed E-state index contributed by atoms with van der Waals surface area (Å²) in [4.78, 5) is 2.44. The molecule has 4 rings (SSSR count). The number of hydrogen-bond acceptors (Lipinski definition) is 4. The Hall–Kier alpha value is -3.10. The maximum atomic E-state index is 9.15. The van der Waals surface area contributed by atoms with Gasteiger partial charge in [-0.05, 0) is 17.7 Å². The van der Waals surface area contributed by atoms with Crippen molar-refractivity contribution in [2.24, 2.45) is 0 Å². The Morgan fingerprint density at radius 3 is 2.58 bits per heavy atom. The van der Waals surface area contributed by atoms with Gasteiger partial charge in [0.15, 0.2) is 0 Å². The summed E-state index contributed by atoms with van der Waals surface area (Å²) in [5, 5.41) is 13.9. The van der Waals surface area contributed by atoms with Gasteiger partial charge < -0.3 is 5.73 Å². The van der Waals surface area contributed by atoms with Crippen LogP contribution < -0.4 is 5.73 Å². The summed E-state index contributed by atoms with van der Waals surface area (Å²) in [6, 6.07) is 20.6. The van der Waals surface area contributed by atoms with E-state index in [1.165, 1.54) is 16.8 Å². The summed E-state index contributed by atoms with van der Waals surface area (Å²) in [5.74, 6) is 0. The molecule has 0 saturated carbocycles. The van der Waals surface area contributed by atoms with Gasteiger partial charge >= 0.3 is 0 Å². The Kier molecular flexibility index (Phi) is 4.42. The van der Waals surface area contributed by atoms with Crippen molar-refractivity contribution in [3.8, 4) is 17.3 Å². The molecule has 0 unspecified atom stereocenters.